The summed E-state index contributed by atoms with van der Waals surface area (Å²) in [6.07, 6.45) is -0.129. The van der Waals surface area contributed by atoms with Crippen LogP contribution < -0.4 is 10.1 Å². The summed E-state index contributed by atoms with van der Waals surface area (Å²) in [5, 5.41) is 5.81. The number of alkyl halides is 2. The summed E-state index contributed by atoms with van der Waals surface area (Å²) in [5.41, 5.74) is 0.863. The van der Waals surface area contributed by atoms with Crippen molar-refractivity contribution in [3.8, 4) is 16.7 Å². The Kier molecular flexibility index (Phi) is 5.72. The van der Waals surface area contributed by atoms with E-state index in [-0.39, 0.29) is 25.0 Å². The number of hydrogen-bond acceptors (Lipinski definition) is 8. The maximum Gasteiger partial charge on any atom is 0.409 e. The number of nitrogens with one attached hydrogen (secondary N) is 1. The van der Waals surface area contributed by atoms with E-state index in [1.54, 1.807) is 6.07 Å². The first kappa shape index (κ1) is 20.7. The monoisotopic (exact) mass is 439 g/mol. The molecule has 0 bridgehead atoms. The first-order valence-corrected chi connectivity index (χ1v) is 10.6. The summed E-state index contributed by atoms with van der Waals surface area (Å²) in [7, 11) is 1.34. The summed E-state index contributed by atoms with van der Waals surface area (Å²) >= 11 is 1.42. The van der Waals surface area contributed by atoms with Crippen molar-refractivity contribution in [3.63, 3.8) is 0 Å². The van der Waals surface area contributed by atoms with E-state index in [0.29, 0.717) is 48.5 Å². The van der Waals surface area contributed by atoms with Gasteiger partial charge in [-0.05, 0) is 19.8 Å². The van der Waals surface area contributed by atoms with E-state index in [9.17, 15) is 13.6 Å². The van der Waals surface area contributed by atoms with Gasteiger partial charge < -0.3 is 19.7 Å². The van der Waals surface area contributed by atoms with Gasteiger partial charge in [-0.3, -0.25) is 0 Å². The highest BCUT2D eigenvalue weighted by Crippen LogP contribution is 2.34. The summed E-state index contributed by atoms with van der Waals surface area (Å²) in [4.78, 5) is 26.5. The molecule has 0 radical (unpaired) electrons. The third-order valence-corrected chi connectivity index (χ3v) is 6.11. The predicted octanol–water partition coefficient (Wildman–Crippen LogP) is 3.73. The zero-order chi connectivity index (χ0) is 21.3. The minimum atomic E-state index is -2.59. The number of ether oxygens (including phenoxy) is 2. The minimum Gasteiger partial charge on any atom is -0.470 e. The van der Waals surface area contributed by atoms with Gasteiger partial charge in [0.25, 0.3) is 0 Å². The van der Waals surface area contributed by atoms with Gasteiger partial charge in [-0.25, -0.2) is 23.5 Å². The van der Waals surface area contributed by atoms with Gasteiger partial charge in [0.15, 0.2) is 10.8 Å². The molecule has 0 aromatic carbocycles. The molecule has 0 spiro atoms. The maximum absolute atomic E-state index is 13.5. The molecule has 1 aliphatic carbocycles. The van der Waals surface area contributed by atoms with Gasteiger partial charge >= 0.3 is 6.09 Å². The third-order valence-electron chi connectivity index (χ3n) is 5.15. The van der Waals surface area contributed by atoms with Crippen LogP contribution in [0.15, 0.2) is 11.4 Å². The van der Waals surface area contributed by atoms with Gasteiger partial charge in [0.1, 0.15) is 11.9 Å². The molecule has 4 rings (SSSR count). The van der Waals surface area contributed by atoms with Crippen molar-refractivity contribution in [1.29, 1.82) is 0 Å². The number of halogens is 2. The smallest absolute Gasteiger partial charge is 0.409 e. The van der Waals surface area contributed by atoms with E-state index in [1.807, 2.05) is 12.3 Å². The Balaban J connectivity index is 1.49. The lowest BCUT2D eigenvalue weighted by Crippen LogP contribution is -2.56. The zero-order valence-corrected chi connectivity index (χ0v) is 17.5. The Morgan fingerprint density at radius 1 is 1.27 bits per heavy atom. The van der Waals surface area contributed by atoms with Gasteiger partial charge in [0.05, 0.1) is 20.2 Å². The van der Waals surface area contributed by atoms with Crippen LogP contribution in [0.5, 0.6) is 5.88 Å². The molecule has 1 saturated heterocycles. The van der Waals surface area contributed by atoms with Crippen LogP contribution in [0, 0.1) is 6.92 Å². The largest absolute Gasteiger partial charge is 0.470 e. The molecule has 1 amide bonds. The Bertz CT molecular complexity index is 909. The molecule has 8 nitrogen and oxygen atoms in total. The van der Waals surface area contributed by atoms with Gasteiger partial charge in [-0.15, -0.1) is 11.3 Å². The molecule has 11 heteroatoms. The lowest BCUT2D eigenvalue weighted by molar-refractivity contribution is -0.0361. The number of thiazole rings is 1. The SMILES string of the molecule is COC(=O)N1CC(Oc2cc(NC3CCC(F)(F)CC3)nc(-c3nc(C)cs3)n2)C1. The molecule has 30 heavy (non-hydrogen) atoms. The number of carbonyl (C=O) groups excluding carboxylic acids is 1. The zero-order valence-electron chi connectivity index (χ0n) is 16.7. The van der Waals surface area contributed by atoms with Crippen molar-refractivity contribution in [3.05, 3.63) is 17.1 Å². The second-order valence-corrected chi connectivity index (χ2v) is 8.46. The van der Waals surface area contributed by atoms with Crippen molar-refractivity contribution in [2.75, 3.05) is 25.5 Å². The molecule has 0 unspecified atom stereocenters. The van der Waals surface area contributed by atoms with Gasteiger partial charge in [-0.1, -0.05) is 0 Å². The molecule has 1 N–H and O–H groups in total. The van der Waals surface area contributed by atoms with Crippen LogP contribution in [0.25, 0.3) is 10.8 Å². The van der Waals surface area contributed by atoms with Crippen LogP contribution in [0.2, 0.25) is 0 Å². The Morgan fingerprint density at radius 3 is 2.63 bits per heavy atom. The minimum absolute atomic E-state index is 0.0863. The van der Waals surface area contributed by atoms with Gasteiger partial charge in [-0.2, -0.15) is 4.98 Å². The molecule has 1 saturated carbocycles. The number of aromatic nitrogens is 3. The number of nitrogens with zero attached hydrogens (tertiary/aromatic N) is 4. The highest BCUT2D eigenvalue weighted by atomic mass is 32.1. The standard InChI is InChI=1S/C19H23F2N5O3S/c1-11-10-30-17(22-11)16-24-14(23-12-3-5-19(20,21)6-4-12)7-15(25-16)29-13-8-26(9-13)18(27)28-2/h7,10,12-13H,3-6,8-9H2,1-2H3,(H,23,24,25). The van der Waals surface area contributed by atoms with Crippen LogP contribution in [0.1, 0.15) is 31.4 Å². The Morgan fingerprint density at radius 2 is 2.00 bits per heavy atom. The van der Waals surface area contributed by atoms with Crippen molar-refractivity contribution < 1.29 is 23.0 Å². The molecule has 3 heterocycles. The number of hydrogen-bond donors (Lipinski definition) is 1. The van der Waals surface area contributed by atoms with Gasteiger partial charge in [0, 0.05) is 36.0 Å². The Hall–Kier alpha value is -2.56. The molecule has 0 atom stereocenters. The maximum atomic E-state index is 13.5. The molecule has 2 aromatic rings. The first-order valence-electron chi connectivity index (χ1n) is 9.77. The van der Waals surface area contributed by atoms with Crippen LogP contribution in [0.3, 0.4) is 0 Å². The van der Waals surface area contributed by atoms with E-state index >= 15 is 0 Å². The molecule has 1 aliphatic heterocycles. The summed E-state index contributed by atoms with van der Waals surface area (Å²) in [6.45, 7) is 2.70. The average molecular weight is 439 g/mol. The lowest BCUT2D eigenvalue weighted by Gasteiger charge is -2.37. The summed E-state index contributed by atoms with van der Waals surface area (Å²) < 4.78 is 37.5. The van der Waals surface area contributed by atoms with Crippen LogP contribution in [0.4, 0.5) is 19.4 Å². The molecule has 2 fully saturated rings. The van der Waals surface area contributed by atoms with Crippen molar-refractivity contribution in [1.82, 2.24) is 19.9 Å². The molecule has 2 aromatic heterocycles. The van der Waals surface area contributed by atoms with Crippen molar-refractivity contribution in [2.45, 2.75) is 50.7 Å². The lowest BCUT2D eigenvalue weighted by atomic mass is 9.92. The van der Waals surface area contributed by atoms with Crippen molar-refractivity contribution >= 4 is 23.2 Å². The molecular formula is C19H23F2N5O3S. The third kappa shape index (κ3) is 4.77. The first-order chi connectivity index (χ1) is 14.3. The molecule has 2 aliphatic rings. The highest BCUT2D eigenvalue weighted by Gasteiger charge is 2.35. The number of likely N-dealkylation sites (tertiary alicyclic amines) is 1. The van der Waals surface area contributed by atoms with Crippen LogP contribution >= 0.6 is 11.3 Å². The second-order valence-electron chi connectivity index (χ2n) is 7.60. The number of carbonyl (C=O) groups is 1. The van der Waals surface area contributed by atoms with E-state index in [4.69, 9.17) is 4.74 Å². The number of rotatable bonds is 5. The van der Waals surface area contributed by atoms with Crippen LogP contribution in [-0.2, 0) is 4.74 Å². The number of aryl methyl sites for hydroxylation is 1. The van der Waals surface area contributed by atoms with E-state index in [2.05, 4.69) is 25.0 Å². The fourth-order valence-electron chi connectivity index (χ4n) is 3.47. The number of methoxy groups -OCH3 is 1. The average Bonchev–Trinajstić information content (AvgIpc) is 3.12. The number of anilines is 1. The highest BCUT2D eigenvalue weighted by molar-refractivity contribution is 7.13. The van der Waals surface area contributed by atoms with Gasteiger partial charge in [0.2, 0.25) is 11.8 Å². The second kappa shape index (κ2) is 8.29. The normalized spacial score (nSPS) is 19.3. The van der Waals surface area contributed by atoms with E-state index in [1.165, 1.54) is 23.3 Å². The topological polar surface area (TPSA) is 89.5 Å². The molecule has 162 valence electrons. The quantitative estimate of drug-likeness (QED) is 0.759. The number of amides is 1. The Labute approximate surface area is 176 Å². The predicted molar refractivity (Wildman–Crippen MR) is 107 cm³/mol. The summed E-state index contributed by atoms with van der Waals surface area (Å²) in [5.74, 6) is -1.30. The summed E-state index contributed by atoms with van der Waals surface area (Å²) in [6, 6.07) is 1.58. The van der Waals surface area contributed by atoms with E-state index < -0.39 is 12.0 Å². The fraction of sp³-hybridized carbons (Fsp3) is 0.579. The fourth-order valence-corrected chi connectivity index (χ4v) is 4.20. The molecular weight excluding hydrogens is 416 g/mol. The van der Waals surface area contributed by atoms with Crippen molar-refractivity contribution in [2.24, 2.45) is 0 Å². The van der Waals surface area contributed by atoms with E-state index in [0.717, 1.165) is 5.69 Å². The van der Waals surface area contributed by atoms with Crippen LogP contribution in [-0.4, -0.2) is 64.2 Å².